The molecule has 0 radical (unpaired) electrons. The van der Waals surface area contributed by atoms with Crippen LogP contribution in [-0.4, -0.2) is 28.2 Å². The summed E-state index contributed by atoms with van der Waals surface area (Å²) < 4.78 is 6.72. The van der Waals surface area contributed by atoms with Gasteiger partial charge in [-0.1, -0.05) is 18.2 Å². The van der Waals surface area contributed by atoms with E-state index in [1.54, 1.807) is 31.2 Å². The van der Waals surface area contributed by atoms with E-state index in [2.05, 4.69) is 10.2 Å². The highest BCUT2D eigenvalue weighted by molar-refractivity contribution is 5.94. The van der Waals surface area contributed by atoms with Gasteiger partial charge in [0, 0.05) is 6.92 Å². The molecule has 1 N–H and O–H groups in total. The molecule has 110 valence electrons. The lowest BCUT2D eigenvalue weighted by molar-refractivity contribution is 0.100. The molecule has 0 aliphatic heterocycles. The predicted molar refractivity (Wildman–Crippen MR) is 76.5 cm³/mol. The third kappa shape index (κ3) is 2.58. The number of rotatable bonds is 3. The van der Waals surface area contributed by atoms with Crippen molar-refractivity contribution in [2.24, 2.45) is 0 Å². The zero-order valence-electron chi connectivity index (χ0n) is 11.9. The van der Waals surface area contributed by atoms with Crippen molar-refractivity contribution in [3.8, 4) is 5.69 Å². The van der Waals surface area contributed by atoms with Crippen LogP contribution in [0.25, 0.3) is 5.69 Å². The third-order valence-corrected chi connectivity index (χ3v) is 3.02. The lowest BCUT2D eigenvalue weighted by Gasteiger charge is -2.05. The molecule has 0 fully saturated rings. The maximum absolute atomic E-state index is 12.5. The van der Waals surface area contributed by atoms with Gasteiger partial charge in [0.1, 0.15) is 5.69 Å². The number of aromatic nitrogens is 2. The SMILES string of the molecule is COC(=O)Nn1c(C(C)=O)c(C)n(-c2ccccc2)c1=O. The molecule has 0 spiro atoms. The van der Waals surface area contributed by atoms with Crippen molar-refractivity contribution < 1.29 is 14.3 Å². The zero-order valence-corrected chi connectivity index (χ0v) is 11.9. The average molecular weight is 289 g/mol. The van der Waals surface area contributed by atoms with Gasteiger partial charge in [0.2, 0.25) is 0 Å². The van der Waals surface area contributed by atoms with Gasteiger partial charge >= 0.3 is 11.8 Å². The first-order valence-electron chi connectivity index (χ1n) is 6.23. The standard InChI is InChI=1S/C14H15N3O4/c1-9-12(10(2)18)17(15-13(19)21-3)14(20)16(9)11-7-5-4-6-8-11/h4-8H,1-3H3,(H,15,19). The number of ether oxygens (including phenoxy) is 1. The fraction of sp³-hybridized carbons (Fsp3) is 0.214. The summed E-state index contributed by atoms with van der Waals surface area (Å²) >= 11 is 0. The number of benzene rings is 1. The van der Waals surface area contributed by atoms with Gasteiger partial charge in [-0.05, 0) is 19.1 Å². The van der Waals surface area contributed by atoms with Crippen LogP contribution in [-0.2, 0) is 4.74 Å². The molecule has 1 aromatic carbocycles. The maximum atomic E-state index is 12.5. The van der Waals surface area contributed by atoms with Crippen molar-refractivity contribution in [1.29, 1.82) is 0 Å². The van der Waals surface area contributed by atoms with Gasteiger partial charge in [-0.2, -0.15) is 4.68 Å². The Hall–Kier alpha value is -2.83. The number of hydrogen-bond acceptors (Lipinski definition) is 4. The summed E-state index contributed by atoms with van der Waals surface area (Å²) in [5, 5.41) is 0. The molecule has 1 heterocycles. The minimum atomic E-state index is -0.829. The van der Waals surface area contributed by atoms with Crippen LogP contribution in [0.3, 0.4) is 0 Å². The van der Waals surface area contributed by atoms with Gasteiger partial charge in [0.25, 0.3) is 0 Å². The van der Waals surface area contributed by atoms with Crippen molar-refractivity contribution in [3.05, 3.63) is 52.2 Å². The number of methoxy groups -OCH3 is 1. The van der Waals surface area contributed by atoms with Gasteiger partial charge in [0.05, 0.1) is 18.5 Å². The summed E-state index contributed by atoms with van der Waals surface area (Å²) in [7, 11) is 1.18. The summed E-state index contributed by atoms with van der Waals surface area (Å²) in [5.41, 5.74) is 2.85. The monoisotopic (exact) mass is 289 g/mol. The largest absolute Gasteiger partial charge is 0.452 e. The number of ketones is 1. The first-order valence-corrected chi connectivity index (χ1v) is 6.23. The number of Topliss-reactive ketones (excluding diaryl/α,β-unsaturated/α-hetero) is 1. The summed E-state index contributed by atoms with van der Waals surface area (Å²) in [6.07, 6.45) is -0.829. The summed E-state index contributed by atoms with van der Waals surface area (Å²) in [6, 6.07) is 8.85. The maximum Gasteiger partial charge on any atom is 0.426 e. The number of hydrogen-bond donors (Lipinski definition) is 1. The Balaban J connectivity index is 2.69. The number of carbonyl (C=O) groups excluding carboxylic acids is 2. The Labute approximate surface area is 120 Å². The Morgan fingerprint density at radius 2 is 1.81 bits per heavy atom. The van der Waals surface area contributed by atoms with Gasteiger partial charge in [-0.3, -0.25) is 9.36 Å². The second kappa shape index (κ2) is 5.66. The van der Waals surface area contributed by atoms with E-state index in [1.807, 2.05) is 6.07 Å². The smallest absolute Gasteiger partial charge is 0.426 e. The quantitative estimate of drug-likeness (QED) is 0.867. The van der Waals surface area contributed by atoms with Crippen LogP contribution in [0.2, 0.25) is 0 Å². The van der Waals surface area contributed by atoms with E-state index in [4.69, 9.17) is 0 Å². The number of para-hydroxylation sites is 1. The Morgan fingerprint density at radius 3 is 2.33 bits per heavy atom. The Kier molecular flexibility index (Phi) is 3.93. The summed E-state index contributed by atoms with van der Waals surface area (Å²) in [6.45, 7) is 2.97. The molecule has 0 unspecified atom stereocenters. The number of amides is 1. The summed E-state index contributed by atoms with van der Waals surface area (Å²) in [4.78, 5) is 35.6. The highest BCUT2D eigenvalue weighted by atomic mass is 16.5. The molecule has 2 aromatic rings. The minimum absolute atomic E-state index is 0.106. The first-order chi connectivity index (χ1) is 9.97. The van der Waals surface area contributed by atoms with Crippen molar-refractivity contribution in [3.63, 3.8) is 0 Å². The molecular weight excluding hydrogens is 274 g/mol. The molecule has 0 saturated heterocycles. The topological polar surface area (TPSA) is 82.3 Å². The van der Waals surface area contributed by atoms with Crippen LogP contribution in [0, 0.1) is 6.92 Å². The molecule has 0 saturated carbocycles. The second-order valence-electron chi connectivity index (χ2n) is 4.38. The molecule has 0 atom stereocenters. The molecule has 0 aliphatic rings. The van der Waals surface area contributed by atoms with Gasteiger partial charge in [-0.15, -0.1) is 0 Å². The highest BCUT2D eigenvalue weighted by Gasteiger charge is 2.22. The van der Waals surface area contributed by atoms with E-state index in [0.717, 1.165) is 4.68 Å². The highest BCUT2D eigenvalue weighted by Crippen LogP contribution is 2.13. The van der Waals surface area contributed by atoms with Crippen molar-refractivity contribution in [2.45, 2.75) is 13.8 Å². The van der Waals surface area contributed by atoms with Crippen LogP contribution in [0.5, 0.6) is 0 Å². The van der Waals surface area contributed by atoms with Crippen LogP contribution in [0.4, 0.5) is 4.79 Å². The fourth-order valence-corrected chi connectivity index (χ4v) is 2.14. The van der Waals surface area contributed by atoms with Crippen molar-refractivity contribution >= 4 is 11.9 Å². The third-order valence-electron chi connectivity index (χ3n) is 3.02. The first kappa shape index (κ1) is 14.6. The van der Waals surface area contributed by atoms with E-state index in [1.165, 1.54) is 18.6 Å². The van der Waals surface area contributed by atoms with Crippen LogP contribution in [0.1, 0.15) is 23.1 Å². The number of nitrogens with zero attached hydrogens (tertiary/aromatic N) is 2. The molecule has 1 aromatic heterocycles. The molecular formula is C14H15N3O4. The van der Waals surface area contributed by atoms with E-state index in [0.29, 0.717) is 11.4 Å². The fourth-order valence-electron chi connectivity index (χ4n) is 2.14. The van der Waals surface area contributed by atoms with E-state index >= 15 is 0 Å². The number of nitrogens with one attached hydrogen (secondary N) is 1. The van der Waals surface area contributed by atoms with Crippen LogP contribution in [0.15, 0.2) is 35.1 Å². The van der Waals surface area contributed by atoms with Crippen molar-refractivity contribution in [1.82, 2.24) is 9.24 Å². The minimum Gasteiger partial charge on any atom is -0.452 e. The van der Waals surface area contributed by atoms with E-state index < -0.39 is 11.8 Å². The molecule has 1 amide bonds. The van der Waals surface area contributed by atoms with E-state index in [9.17, 15) is 14.4 Å². The lowest BCUT2D eigenvalue weighted by Crippen LogP contribution is -2.35. The van der Waals surface area contributed by atoms with E-state index in [-0.39, 0.29) is 11.5 Å². The predicted octanol–water partition coefficient (Wildman–Crippen LogP) is 1.46. The zero-order chi connectivity index (χ0) is 15.6. The molecule has 7 nitrogen and oxygen atoms in total. The molecule has 2 rings (SSSR count). The average Bonchev–Trinajstić information content (AvgIpc) is 2.71. The molecule has 21 heavy (non-hydrogen) atoms. The van der Waals surface area contributed by atoms with Crippen molar-refractivity contribution in [2.75, 3.05) is 12.5 Å². The molecule has 0 bridgehead atoms. The van der Waals surface area contributed by atoms with Crippen LogP contribution >= 0.6 is 0 Å². The Bertz CT molecular complexity index is 744. The number of carbonyl (C=O) groups is 2. The molecule has 0 aliphatic carbocycles. The second-order valence-corrected chi connectivity index (χ2v) is 4.38. The van der Waals surface area contributed by atoms with Gasteiger partial charge < -0.3 is 4.74 Å². The Morgan fingerprint density at radius 1 is 1.19 bits per heavy atom. The number of imidazole rings is 1. The van der Waals surface area contributed by atoms with Crippen LogP contribution < -0.4 is 11.1 Å². The lowest BCUT2D eigenvalue weighted by atomic mass is 10.2. The van der Waals surface area contributed by atoms with Gasteiger partial charge in [-0.25, -0.2) is 15.0 Å². The normalized spacial score (nSPS) is 10.2. The van der Waals surface area contributed by atoms with Gasteiger partial charge in [0.15, 0.2) is 5.78 Å². The molecule has 7 heteroatoms. The summed E-state index contributed by atoms with van der Waals surface area (Å²) in [5.74, 6) is -0.337.